The minimum atomic E-state index is -3.98. The van der Waals surface area contributed by atoms with Crippen molar-refractivity contribution in [3.05, 3.63) is 82.3 Å². The summed E-state index contributed by atoms with van der Waals surface area (Å²) >= 11 is 1.19. The lowest BCUT2D eigenvalue weighted by Gasteiger charge is -2.06. The maximum absolute atomic E-state index is 12.2. The van der Waals surface area contributed by atoms with E-state index in [0.717, 1.165) is 16.7 Å². The van der Waals surface area contributed by atoms with E-state index in [1.54, 1.807) is 24.3 Å². The molecule has 136 valence electrons. The second-order valence-corrected chi connectivity index (χ2v) is 8.46. The van der Waals surface area contributed by atoms with Crippen molar-refractivity contribution in [2.75, 3.05) is 0 Å². The Morgan fingerprint density at radius 3 is 2.44 bits per heavy atom. The largest absolute Gasteiger partial charge is 0.358 e. The molecule has 7 heteroatoms. The van der Waals surface area contributed by atoms with E-state index in [0.29, 0.717) is 15.5 Å². The molecule has 0 bridgehead atoms. The van der Waals surface area contributed by atoms with E-state index in [4.69, 9.17) is 4.28 Å². The predicted octanol–water partition coefficient (Wildman–Crippen LogP) is 4.56. The number of oxime groups is 1. The normalized spacial score (nSPS) is 17.0. The van der Waals surface area contributed by atoms with Crippen LogP contribution in [-0.2, 0) is 14.4 Å². The van der Waals surface area contributed by atoms with Crippen molar-refractivity contribution in [2.45, 2.75) is 18.7 Å². The first kappa shape index (κ1) is 19.0. The fraction of sp³-hybridized carbons (Fsp3) is 0.100. The number of nitriles is 1. The SMILES string of the molecule is Cc1ccc(S(=O)(=O)O/N=C2C=C/C(=C(\C#N)c3ccccc3C)S\2)cc1. The van der Waals surface area contributed by atoms with E-state index >= 15 is 0 Å². The van der Waals surface area contributed by atoms with Crippen LogP contribution in [0.5, 0.6) is 0 Å². The summed E-state index contributed by atoms with van der Waals surface area (Å²) in [6, 6.07) is 16.1. The van der Waals surface area contributed by atoms with Crippen LogP contribution < -0.4 is 0 Å². The summed E-state index contributed by atoms with van der Waals surface area (Å²) in [6.45, 7) is 3.80. The standard InChI is InChI=1S/C20H16N2O3S2/c1-14-7-9-16(10-8-14)27(23,24)25-22-20-12-11-19(26-20)18(13-21)17-6-4-3-5-15(17)2/h3-12H,1-2H3/b19-18-,22-20+. The van der Waals surface area contributed by atoms with Crippen LogP contribution in [-0.4, -0.2) is 13.5 Å². The Morgan fingerprint density at radius 1 is 1.07 bits per heavy atom. The summed E-state index contributed by atoms with van der Waals surface area (Å²) in [5.74, 6) is 0. The lowest BCUT2D eigenvalue weighted by Crippen LogP contribution is -2.03. The van der Waals surface area contributed by atoms with Gasteiger partial charge in [0, 0.05) is 4.91 Å². The van der Waals surface area contributed by atoms with Crippen LogP contribution >= 0.6 is 11.8 Å². The lowest BCUT2D eigenvalue weighted by atomic mass is 10.0. The zero-order valence-corrected chi connectivity index (χ0v) is 16.3. The molecule has 0 unspecified atom stereocenters. The number of aryl methyl sites for hydroxylation is 2. The van der Waals surface area contributed by atoms with Crippen molar-refractivity contribution in [1.82, 2.24) is 0 Å². The summed E-state index contributed by atoms with van der Waals surface area (Å²) in [7, 11) is -3.98. The molecule has 0 radical (unpaired) electrons. The summed E-state index contributed by atoms with van der Waals surface area (Å²) in [5.41, 5.74) is 3.28. The lowest BCUT2D eigenvalue weighted by molar-refractivity contribution is 0.340. The van der Waals surface area contributed by atoms with E-state index in [2.05, 4.69) is 11.2 Å². The van der Waals surface area contributed by atoms with Gasteiger partial charge in [-0.15, -0.1) is 0 Å². The number of nitrogens with zero attached hydrogens (tertiary/aromatic N) is 2. The highest BCUT2D eigenvalue weighted by atomic mass is 32.2. The van der Waals surface area contributed by atoms with Crippen molar-refractivity contribution >= 4 is 32.5 Å². The fourth-order valence-corrected chi connectivity index (χ4v) is 4.06. The third-order valence-corrected chi connectivity index (χ3v) is 6.00. The molecule has 0 N–H and O–H groups in total. The van der Waals surface area contributed by atoms with Crippen LogP contribution in [0.1, 0.15) is 16.7 Å². The summed E-state index contributed by atoms with van der Waals surface area (Å²) in [6.07, 6.45) is 3.36. The van der Waals surface area contributed by atoms with E-state index in [-0.39, 0.29) is 4.90 Å². The van der Waals surface area contributed by atoms with Gasteiger partial charge in [0.2, 0.25) is 0 Å². The number of hydrogen-bond donors (Lipinski definition) is 0. The molecule has 0 aliphatic carbocycles. The molecule has 27 heavy (non-hydrogen) atoms. The van der Waals surface area contributed by atoms with Crippen molar-refractivity contribution in [1.29, 1.82) is 5.26 Å². The number of thioether (sulfide) groups is 1. The third-order valence-electron chi connectivity index (χ3n) is 3.90. The van der Waals surface area contributed by atoms with Crippen LogP contribution in [0.4, 0.5) is 0 Å². The first-order valence-electron chi connectivity index (χ1n) is 8.05. The van der Waals surface area contributed by atoms with E-state index in [9.17, 15) is 13.7 Å². The Labute approximate surface area is 162 Å². The van der Waals surface area contributed by atoms with Gasteiger partial charge >= 0.3 is 10.1 Å². The second-order valence-electron chi connectivity index (χ2n) is 5.87. The molecule has 0 saturated carbocycles. The van der Waals surface area contributed by atoms with Crippen molar-refractivity contribution in [3.63, 3.8) is 0 Å². The number of allylic oxidation sites excluding steroid dienone is 2. The molecule has 0 aromatic heterocycles. The molecule has 0 spiro atoms. The van der Waals surface area contributed by atoms with E-state index < -0.39 is 10.1 Å². The van der Waals surface area contributed by atoms with Crippen molar-refractivity contribution in [2.24, 2.45) is 5.16 Å². The summed E-state index contributed by atoms with van der Waals surface area (Å²) < 4.78 is 29.2. The minimum Gasteiger partial charge on any atom is -0.264 e. The molecule has 0 fully saturated rings. The molecule has 0 amide bonds. The highest BCUT2D eigenvalue weighted by Gasteiger charge is 2.19. The molecule has 3 rings (SSSR count). The van der Waals surface area contributed by atoms with Gasteiger partial charge in [0.1, 0.15) is 16.0 Å². The molecular weight excluding hydrogens is 380 g/mol. The highest BCUT2D eigenvalue weighted by Crippen LogP contribution is 2.35. The van der Waals surface area contributed by atoms with Gasteiger partial charge < -0.3 is 0 Å². The molecule has 1 aliphatic heterocycles. The quantitative estimate of drug-likeness (QED) is 0.559. The Hall–Kier alpha value is -2.82. The van der Waals surface area contributed by atoms with Gasteiger partial charge in [-0.25, -0.2) is 0 Å². The molecule has 1 heterocycles. The Bertz CT molecular complexity index is 1110. The summed E-state index contributed by atoms with van der Waals surface area (Å²) in [4.78, 5) is 0.736. The Kier molecular flexibility index (Phi) is 5.49. The van der Waals surface area contributed by atoms with Gasteiger partial charge in [0.05, 0.1) is 5.57 Å². The first-order chi connectivity index (χ1) is 12.9. The smallest absolute Gasteiger partial charge is 0.264 e. The van der Waals surface area contributed by atoms with Gasteiger partial charge in [-0.3, -0.25) is 4.28 Å². The van der Waals surface area contributed by atoms with Gasteiger partial charge in [-0.1, -0.05) is 58.9 Å². The number of benzene rings is 2. The maximum atomic E-state index is 12.2. The first-order valence-corrected chi connectivity index (χ1v) is 10.3. The Balaban J connectivity index is 1.82. The number of rotatable bonds is 4. The monoisotopic (exact) mass is 396 g/mol. The topological polar surface area (TPSA) is 79.5 Å². The highest BCUT2D eigenvalue weighted by molar-refractivity contribution is 8.18. The summed E-state index contributed by atoms with van der Waals surface area (Å²) in [5, 5.41) is 13.7. The van der Waals surface area contributed by atoms with Gasteiger partial charge in [-0.2, -0.15) is 13.7 Å². The zero-order chi connectivity index (χ0) is 19.4. The molecule has 1 aliphatic rings. The molecule has 0 saturated heterocycles. The maximum Gasteiger partial charge on any atom is 0.358 e. The zero-order valence-electron chi connectivity index (χ0n) is 14.7. The average molecular weight is 396 g/mol. The molecular formula is C20H16N2O3S2. The molecule has 5 nitrogen and oxygen atoms in total. The second kappa shape index (κ2) is 7.82. The molecule has 2 aromatic carbocycles. The van der Waals surface area contributed by atoms with Crippen LogP contribution in [0, 0.1) is 25.2 Å². The number of hydrogen-bond acceptors (Lipinski definition) is 6. The van der Waals surface area contributed by atoms with Gasteiger partial charge in [0.25, 0.3) is 0 Å². The predicted molar refractivity (Wildman–Crippen MR) is 107 cm³/mol. The molecule has 2 aromatic rings. The van der Waals surface area contributed by atoms with E-state index in [1.165, 1.54) is 23.9 Å². The average Bonchev–Trinajstić information content (AvgIpc) is 3.11. The minimum absolute atomic E-state index is 0.0396. The van der Waals surface area contributed by atoms with Gasteiger partial charge in [-0.05, 0) is 49.3 Å². The van der Waals surface area contributed by atoms with Crippen LogP contribution in [0.2, 0.25) is 0 Å². The van der Waals surface area contributed by atoms with Crippen LogP contribution in [0.3, 0.4) is 0 Å². The van der Waals surface area contributed by atoms with E-state index in [1.807, 2.05) is 38.1 Å². The van der Waals surface area contributed by atoms with Crippen molar-refractivity contribution in [3.8, 4) is 6.07 Å². The van der Waals surface area contributed by atoms with Crippen molar-refractivity contribution < 1.29 is 12.7 Å². The fourth-order valence-electron chi connectivity index (χ4n) is 2.45. The third kappa shape index (κ3) is 4.30. The van der Waals surface area contributed by atoms with Crippen LogP contribution in [0.15, 0.2) is 75.6 Å². The Morgan fingerprint density at radius 2 is 1.78 bits per heavy atom. The molecule has 0 atom stereocenters. The van der Waals surface area contributed by atoms with Gasteiger partial charge in [0.15, 0.2) is 0 Å². The van der Waals surface area contributed by atoms with Crippen LogP contribution in [0.25, 0.3) is 5.57 Å².